The predicted molar refractivity (Wildman–Crippen MR) is 298 cm³/mol. The number of ether oxygens (including phenoxy) is 10. The summed E-state index contributed by atoms with van der Waals surface area (Å²) in [5.41, 5.74) is 4.18. The molecule has 7 aromatic rings. The van der Waals surface area contributed by atoms with Crippen LogP contribution in [0.1, 0.15) is 33.4 Å². The van der Waals surface area contributed by atoms with Crippen LogP contribution in [0, 0.1) is 20.2 Å². The van der Waals surface area contributed by atoms with Crippen molar-refractivity contribution in [3.05, 3.63) is 266 Å². The molecule has 2 saturated heterocycles. The number of nitrogens with one attached hydrogen (secondary N) is 1. The summed E-state index contributed by atoms with van der Waals surface area (Å²) in [6, 6.07) is 60.2. The van der Waals surface area contributed by atoms with Crippen LogP contribution in [-0.4, -0.2) is 91.0 Å². The SMILES string of the molecule is C=CCO[C@H]1[C@H](OCc2ccccc2)[C@@H](OCc2ccccc2)[C@@H](O[C@H]2[C@H](OCc3ccccc3)[C@@H](Nc3ccc([N+](=O)[O-])cc3[N+](=O)[O-])[C@H](OCc3ccccc3)O[C@@H]2COCc2ccccc2)O[C@@H]1COCc1ccccc1. The van der Waals surface area contributed by atoms with Gasteiger partial charge in [0.2, 0.25) is 0 Å². The van der Waals surface area contributed by atoms with Gasteiger partial charge in [-0.15, -0.1) is 6.58 Å². The van der Waals surface area contributed by atoms with Crippen LogP contribution in [0.3, 0.4) is 0 Å². The van der Waals surface area contributed by atoms with Gasteiger partial charge < -0.3 is 52.7 Å². The average Bonchev–Trinajstić information content (AvgIpc) is 3.69. The van der Waals surface area contributed by atoms with Crippen LogP contribution in [0.25, 0.3) is 0 Å². The molecule has 0 aromatic heterocycles. The molecule has 0 radical (unpaired) electrons. The number of nitro groups is 2. The Balaban J connectivity index is 1.16. The summed E-state index contributed by atoms with van der Waals surface area (Å²) in [4.78, 5) is 23.5. The summed E-state index contributed by atoms with van der Waals surface area (Å²) in [5, 5.41) is 28.1. The Hall–Kier alpha value is -7.52. The van der Waals surface area contributed by atoms with E-state index >= 15 is 0 Å². The van der Waals surface area contributed by atoms with Gasteiger partial charge in [0.1, 0.15) is 54.5 Å². The van der Waals surface area contributed by atoms with Crippen LogP contribution < -0.4 is 5.32 Å². The number of non-ortho nitro benzene ring substituents is 1. The number of benzene rings is 7. The molecule has 2 heterocycles. The van der Waals surface area contributed by atoms with Crippen molar-refractivity contribution in [2.45, 2.75) is 101 Å². The molecule has 0 aliphatic carbocycles. The number of nitrogens with zero attached hydrogens (tertiary/aromatic N) is 2. The van der Waals surface area contributed by atoms with Gasteiger partial charge in [-0.3, -0.25) is 20.2 Å². The quantitative estimate of drug-likeness (QED) is 0.0264. The lowest BCUT2D eigenvalue weighted by Crippen LogP contribution is -2.67. The monoisotopic (exact) mass is 1090 g/mol. The fourth-order valence-corrected chi connectivity index (χ4v) is 9.59. The highest BCUT2D eigenvalue weighted by Crippen LogP contribution is 2.38. The summed E-state index contributed by atoms with van der Waals surface area (Å²) in [6.45, 7) is 4.92. The molecular formula is C63H65N3O14. The van der Waals surface area contributed by atoms with Crippen LogP contribution in [0.4, 0.5) is 17.1 Å². The zero-order chi connectivity index (χ0) is 55.3. The number of anilines is 1. The molecule has 2 aliphatic rings. The number of hydrogen-bond donors (Lipinski definition) is 1. The normalized spacial score (nSPS) is 22.8. The van der Waals surface area contributed by atoms with E-state index in [-0.39, 0.29) is 65.1 Å². The van der Waals surface area contributed by atoms with Gasteiger partial charge in [-0.2, -0.15) is 0 Å². The molecular weight excluding hydrogens is 1020 g/mol. The zero-order valence-electron chi connectivity index (χ0n) is 44.1. The van der Waals surface area contributed by atoms with E-state index in [2.05, 4.69) is 11.9 Å². The predicted octanol–water partition coefficient (Wildman–Crippen LogP) is 11.1. The van der Waals surface area contributed by atoms with Gasteiger partial charge in [0.05, 0.1) is 75.4 Å². The maximum atomic E-state index is 12.8. The highest BCUT2D eigenvalue weighted by Gasteiger charge is 2.54. The van der Waals surface area contributed by atoms with E-state index in [9.17, 15) is 20.2 Å². The lowest BCUT2D eigenvalue weighted by Gasteiger charge is -2.50. The molecule has 9 rings (SSSR count). The van der Waals surface area contributed by atoms with Crippen molar-refractivity contribution in [2.24, 2.45) is 0 Å². The summed E-state index contributed by atoms with van der Waals surface area (Å²) in [6.07, 6.45) is -7.62. The van der Waals surface area contributed by atoms with Gasteiger partial charge in [-0.1, -0.05) is 188 Å². The number of rotatable bonds is 29. The van der Waals surface area contributed by atoms with Crippen molar-refractivity contribution in [3.8, 4) is 0 Å². The molecule has 0 bridgehead atoms. The standard InChI is InChI=1S/C63H65N3O14/c1-2-35-73-57-54(43-71-37-45-21-9-3-10-22-45)79-63(61(76-41-49-29-17-7-18-30-49)60(57)75-40-48-27-15-6-16-28-48)80-58-55(44-72-38-46-23-11-4-12-24-46)78-62(77-42-50-31-19-8-20-32-50)56(59(58)74-39-47-25-13-5-14-26-47)64-52-34-33-51(65(67)68)36-53(52)66(69)70/h2-34,36,54-64H,1,35,37-44H2/t54-,55-,56-,57-,58-,59-,60+,61-,62-,63-/m1/s1. The van der Waals surface area contributed by atoms with Gasteiger partial charge >= 0.3 is 0 Å². The third-order valence-electron chi connectivity index (χ3n) is 13.5. The van der Waals surface area contributed by atoms with Gasteiger partial charge in [-0.05, 0) is 39.4 Å². The second kappa shape index (κ2) is 29.6. The molecule has 80 heavy (non-hydrogen) atoms. The summed E-state index contributed by atoms with van der Waals surface area (Å²) in [5.74, 6) is 0. The molecule has 416 valence electrons. The topological polar surface area (TPSA) is 191 Å². The maximum absolute atomic E-state index is 12.8. The molecule has 10 atom stereocenters. The number of hydrogen-bond acceptors (Lipinski definition) is 15. The van der Waals surface area contributed by atoms with Gasteiger partial charge in [-0.25, -0.2) is 0 Å². The van der Waals surface area contributed by atoms with Crippen LogP contribution in [-0.2, 0) is 87.0 Å². The van der Waals surface area contributed by atoms with Crippen molar-refractivity contribution in [2.75, 3.05) is 25.1 Å². The second-order valence-electron chi connectivity index (χ2n) is 19.2. The van der Waals surface area contributed by atoms with E-state index in [1.165, 1.54) is 12.1 Å². The maximum Gasteiger partial charge on any atom is 0.299 e. The number of nitro benzene ring substituents is 2. The molecule has 17 heteroatoms. The minimum absolute atomic E-state index is 0.0323. The largest absolute Gasteiger partial charge is 0.374 e. The smallest absolute Gasteiger partial charge is 0.299 e. The van der Waals surface area contributed by atoms with Crippen molar-refractivity contribution in [3.63, 3.8) is 0 Å². The second-order valence-corrected chi connectivity index (χ2v) is 19.2. The minimum Gasteiger partial charge on any atom is -0.374 e. The summed E-state index contributed by atoms with van der Waals surface area (Å²) >= 11 is 0. The fraction of sp³-hybridized carbons (Fsp3) is 0.302. The molecule has 0 unspecified atom stereocenters. The van der Waals surface area contributed by atoms with Crippen molar-refractivity contribution >= 4 is 17.1 Å². The highest BCUT2D eigenvalue weighted by molar-refractivity contribution is 5.66. The Morgan fingerprint density at radius 1 is 0.450 bits per heavy atom. The van der Waals surface area contributed by atoms with Crippen molar-refractivity contribution < 1.29 is 57.2 Å². The molecule has 2 fully saturated rings. The Labute approximate surface area is 465 Å². The first-order chi connectivity index (χ1) is 39.3. The zero-order valence-corrected chi connectivity index (χ0v) is 44.1. The lowest BCUT2D eigenvalue weighted by molar-refractivity contribution is -0.393. The van der Waals surface area contributed by atoms with E-state index in [0.717, 1.165) is 39.4 Å². The Morgan fingerprint density at radius 2 is 0.863 bits per heavy atom. The lowest BCUT2D eigenvalue weighted by atomic mass is 9.94. The van der Waals surface area contributed by atoms with Crippen LogP contribution >= 0.6 is 0 Å². The summed E-state index contributed by atoms with van der Waals surface area (Å²) in [7, 11) is 0. The van der Waals surface area contributed by atoms with Crippen LogP contribution in [0.2, 0.25) is 0 Å². The molecule has 0 spiro atoms. The Bertz CT molecular complexity index is 2970. The third kappa shape index (κ3) is 16.1. The van der Waals surface area contributed by atoms with Crippen LogP contribution in [0.5, 0.6) is 0 Å². The van der Waals surface area contributed by atoms with Crippen molar-refractivity contribution in [1.29, 1.82) is 0 Å². The van der Waals surface area contributed by atoms with Crippen molar-refractivity contribution in [1.82, 2.24) is 0 Å². The molecule has 2 aliphatic heterocycles. The fourth-order valence-electron chi connectivity index (χ4n) is 9.59. The van der Waals surface area contributed by atoms with E-state index in [1.807, 2.05) is 182 Å². The van der Waals surface area contributed by atoms with Gasteiger partial charge in [0, 0.05) is 6.07 Å². The first-order valence-electron chi connectivity index (χ1n) is 26.5. The van der Waals surface area contributed by atoms with E-state index in [0.29, 0.717) is 0 Å². The average molecular weight is 1090 g/mol. The molecule has 17 nitrogen and oxygen atoms in total. The van der Waals surface area contributed by atoms with E-state index in [1.54, 1.807) is 6.08 Å². The molecule has 1 N–H and O–H groups in total. The molecule has 0 amide bonds. The van der Waals surface area contributed by atoms with Gasteiger partial charge in [0.25, 0.3) is 11.4 Å². The van der Waals surface area contributed by atoms with E-state index in [4.69, 9.17) is 47.4 Å². The molecule has 0 saturated carbocycles. The summed E-state index contributed by atoms with van der Waals surface area (Å²) < 4.78 is 69.1. The third-order valence-corrected chi connectivity index (χ3v) is 13.5. The Kier molecular flexibility index (Phi) is 21.2. The Morgan fingerprint density at radius 3 is 1.31 bits per heavy atom. The molecule has 7 aromatic carbocycles. The highest BCUT2D eigenvalue weighted by atomic mass is 16.8. The first-order valence-corrected chi connectivity index (χ1v) is 26.5. The van der Waals surface area contributed by atoms with Crippen LogP contribution in [0.15, 0.2) is 213 Å². The minimum atomic E-state index is -1.28. The van der Waals surface area contributed by atoms with E-state index < -0.39 is 82.6 Å². The van der Waals surface area contributed by atoms with Gasteiger partial charge in [0.15, 0.2) is 12.6 Å². The first kappa shape index (κ1) is 57.2.